The van der Waals surface area contributed by atoms with E-state index in [0.717, 1.165) is 11.1 Å². The molecule has 0 fully saturated rings. The van der Waals surface area contributed by atoms with Crippen LogP contribution in [0.4, 0.5) is 0 Å². The first kappa shape index (κ1) is 18.0. The molecule has 1 amide bonds. The maximum atomic E-state index is 11.6. The lowest BCUT2D eigenvalue weighted by atomic mass is 10.0. The summed E-state index contributed by atoms with van der Waals surface area (Å²) in [5.41, 5.74) is 2.59. The van der Waals surface area contributed by atoms with Crippen molar-refractivity contribution < 1.29 is 19.1 Å². The van der Waals surface area contributed by atoms with Crippen LogP contribution < -0.4 is 10.1 Å². The monoisotopic (exact) mass is 338 g/mol. The summed E-state index contributed by atoms with van der Waals surface area (Å²) >= 11 is 0. The number of amides is 1. The number of carbonyl (C=O) groups is 2. The highest BCUT2D eigenvalue weighted by Crippen LogP contribution is 2.22. The Bertz CT molecular complexity index is 762. The lowest BCUT2D eigenvalue weighted by Crippen LogP contribution is -2.30. The van der Waals surface area contributed by atoms with Gasteiger partial charge in [-0.2, -0.15) is 5.26 Å². The fourth-order valence-electron chi connectivity index (χ4n) is 2.09. The second-order valence-corrected chi connectivity index (χ2v) is 5.18. The number of nitrogens with zero attached hydrogens (tertiary/aromatic N) is 1. The molecule has 128 valence electrons. The summed E-state index contributed by atoms with van der Waals surface area (Å²) in [5.74, 6) is -0.111. The Morgan fingerprint density at radius 1 is 1.04 bits per heavy atom. The third-order valence-electron chi connectivity index (χ3n) is 3.45. The first-order valence-electron chi connectivity index (χ1n) is 7.69. The standard InChI is InChI=1S/C19H18N2O4/c1-24-19(23)10-11-21-18(22)13-25-17-8-6-16(7-9-17)15-4-2-14(12-20)3-5-15/h2-9H,10-11,13H2,1H3,(H,21,22). The average Bonchev–Trinajstić information content (AvgIpc) is 2.66. The Hall–Kier alpha value is -3.33. The second-order valence-electron chi connectivity index (χ2n) is 5.18. The molecule has 0 heterocycles. The molecule has 0 aliphatic heterocycles. The molecule has 6 nitrogen and oxygen atoms in total. The Labute approximate surface area is 146 Å². The van der Waals surface area contributed by atoms with Crippen LogP contribution in [0.25, 0.3) is 11.1 Å². The molecular formula is C19H18N2O4. The number of carbonyl (C=O) groups excluding carboxylic acids is 2. The molecule has 2 aromatic carbocycles. The van der Waals surface area contributed by atoms with Gasteiger partial charge in [0.1, 0.15) is 5.75 Å². The maximum absolute atomic E-state index is 11.6. The molecule has 1 N–H and O–H groups in total. The summed E-state index contributed by atoms with van der Waals surface area (Å²) in [7, 11) is 1.30. The molecule has 0 bridgehead atoms. The van der Waals surface area contributed by atoms with Crippen LogP contribution in [-0.4, -0.2) is 32.1 Å². The van der Waals surface area contributed by atoms with Crippen molar-refractivity contribution in [2.75, 3.05) is 20.3 Å². The summed E-state index contributed by atoms with van der Waals surface area (Å²) in [6, 6.07) is 16.7. The van der Waals surface area contributed by atoms with Gasteiger partial charge in [0, 0.05) is 6.54 Å². The van der Waals surface area contributed by atoms with Gasteiger partial charge in [0.2, 0.25) is 0 Å². The lowest BCUT2D eigenvalue weighted by Gasteiger charge is -2.08. The van der Waals surface area contributed by atoms with Crippen molar-refractivity contribution in [3.8, 4) is 22.9 Å². The van der Waals surface area contributed by atoms with E-state index in [1.807, 2.05) is 24.3 Å². The molecule has 0 atom stereocenters. The van der Waals surface area contributed by atoms with Crippen molar-refractivity contribution in [3.05, 3.63) is 54.1 Å². The van der Waals surface area contributed by atoms with Crippen molar-refractivity contribution in [2.45, 2.75) is 6.42 Å². The van der Waals surface area contributed by atoms with Crippen LogP contribution in [0.3, 0.4) is 0 Å². The number of rotatable bonds is 7. The van der Waals surface area contributed by atoms with E-state index in [0.29, 0.717) is 11.3 Å². The van der Waals surface area contributed by atoms with Gasteiger partial charge in [0.05, 0.1) is 25.2 Å². The molecule has 2 aromatic rings. The Morgan fingerprint density at radius 3 is 2.20 bits per heavy atom. The molecular weight excluding hydrogens is 320 g/mol. The zero-order valence-electron chi connectivity index (χ0n) is 13.8. The fraction of sp³-hybridized carbons (Fsp3) is 0.211. The van der Waals surface area contributed by atoms with Gasteiger partial charge < -0.3 is 14.8 Å². The third-order valence-corrected chi connectivity index (χ3v) is 3.45. The normalized spacial score (nSPS) is 9.76. The Balaban J connectivity index is 1.82. The minimum atomic E-state index is -0.375. The molecule has 0 saturated carbocycles. The molecule has 0 aliphatic carbocycles. The number of methoxy groups -OCH3 is 1. The molecule has 2 rings (SSSR count). The molecule has 25 heavy (non-hydrogen) atoms. The van der Waals surface area contributed by atoms with E-state index >= 15 is 0 Å². The highest BCUT2D eigenvalue weighted by atomic mass is 16.5. The number of benzene rings is 2. The maximum Gasteiger partial charge on any atom is 0.307 e. The molecule has 0 aliphatic rings. The number of nitrogens with one attached hydrogen (secondary N) is 1. The summed E-state index contributed by atoms with van der Waals surface area (Å²) < 4.78 is 9.89. The van der Waals surface area contributed by atoms with Crippen molar-refractivity contribution in [2.24, 2.45) is 0 Å². The van der Waals surface area contributed by atoms with E-state index in [4.69, 9.17) is 10.00 Å². The Kier molecular flexibility index (Phi) is 6.55. The van der Waals surface area contributed by atoms with Crippen molar-refractivity contribution in [1.29, 1.82) is 5.26 Å². The Morgan fingerprint density at radius 2 is 1.64 bits per heavy atom. The predicted octanol–water partition coefficient (Wildman–Crippen LogP) is 2.28. The quantitative estimate of drug-likeness (QED) is 0.783. The topological polar surface area (TPSA) is 88.4 Å². The second kappa shape index (κ2) is 9.08. The van der Waals surface area contributed by atoms with Crippen LogP contribution >= 0.6 is 0 Å². The van der Waals surface area contributed by atoms with Gasteiger partial charge in [-0.1, -0.05) is 24.3 Å². The first-order valence-corrected chi connectivity index (χ1v) is 7.69. The minimum absolute atomic E-state index is 0.127. The van der Waals surface area contributed by atoms with E-state index in [-0.39, 0.29) is 31.4 Å². The minimum Gasteiger partial charge on any atom is -0.484 e. The fourth-order valence-corrected chi connectivity index (χ4v) is 2.09. The molecule has 0 aromatic heterocycles. The SMILES string of the molecule is COC(=O)CCNC(=O)COc1ccc(-c2ccc(C#N)cc2)cc1. The number of hydrogen-bond donors (Lipinski definition) is 1. The lowest BCUT2D eigenvalue weighted by molar-refractivity contribution is -0.140. The first-order chi connectivity index (χ1) is 12.1. The molecule has 0 spiro atoms. The summed E-state index contributed by atoms with van der Waals surface area (Å²) in [4.78, 5) is 22.6. The number of ether oxygens (including phenoxy) is 2. The van der Waals surface area contributed by atoms with E-state index in [1.165, 1.54) is 7.11 Å². The van der Waals surface area contributed by atoms with E-state index in [9.17, 15) is 9.59 Å². The van der Waals surface area contributed by atoms with Crippen LogP contribution in [0.5, 0.6) is 5.75 Å². The molecule has 0 unspecified atom stereocenters. The summed E-state index contributed by atoms with van der Waals surface area (Å²) in [6.07, 6.45) is 0.127. The van der Waals surface area contributed by atoms with Gasteiger partial charge in [0.25, 0.3) is 5.91 Å². The van der Waals surface area contributed by atoms with Gasteiger partial charge in [-0.05, 0) is 35.4 Å². The van der Waals surface area contributed by atoms with Crippen LogP contribution in [0.1, 0.15) is 12.0 Å². The van der Waals surface area contributed by atoms with E-state index < -0.39 is 0 Å². The van der Waals surface area contributed by atoms with Crippen LogP contribution in [0.2, 0.25) is 0 Å². The number of esters is 1. The summed E-state index contributed by atoms with van der Waals surface area (Å²) in [5, 5.41) is 11.4. The van der Waals surface area contributed by atoms with Crippen molar-refractivity contribution in [1.82, 2.24) is 5.32 Å². The highest BCUT2D eigenvalue weighted by Gasteiger charge is 2.05. The number of hydrogen-bond acceptors (Lipinski definition) is 5. The zero-order chi connectivity index (χ0) is 18.1. The largest absolute Gasteiger partial charge is 0.484 e. The average molecular weight is 338 g/mol. The molecule has 6 heteroatoms. The molecule has 0 radical (unpaired) electrons. The van der Waals surface area contributed by atoms with Gasteiger partial charge in [-0.15, -0.1) is 0 Å². The van der Waals surface area contributed by atoms with Crippen LogP contribution in [0.15, 0.2) is 48.5 Å². The smallest absolute Gasteiger partial charge is 0.307 e. The number of nitriles is 1. The van der Waals surface area contributed by atoms with E-state index in [1.54, 1.807) is 24.3 Å². The van der Waals surface area contributed by atoms with Crippen LogP contribution in [-0.2, 0) is 14.3 Å². The van der Waals surface area contributed by atoms with Gasteiger partial charge in [-0.3, -0.25) is 9.59 Å². The van der Waals surface area contributed by atoms with E-state index in [2.05, 4.69) is 16.1 Å². The van der Waals surface area contributed by atoms with Crippen LogP contribution in [0, 0.1) is 11.3 Å². The van der Waals surface area contributed by atoms with Crippen molar-refractivity contribution in [3.63, 3.8) is 0 Å². The van der Waals surface area contributed by atoms with Crippen molar-refractivity contribution >= 4 is 11.9 Å². The molecule has 0 saturated heterocycles. The van der Waals surface area contributed by atoms with Gasteiger partial charge in [-0.25, -0.2) is 0 Å². The predicted molar refractivity (Wildman–Crippen MR) is 91.7 cm³/mol. The summed E-state index contributed by atoms with van der Waals surface area (Å²) in [6.45, 7) is 0.0872. The zero-order valence-corrected chi connectivity index (χ0v) is 13.8. The van der Waals surface area contributed by atoms with Gasteiger partial charge in [0.15, 0.2) is 6.61 Å². The highest BCUT2D eigenvalue weighted by molar-refractivity contribution is 5.78. The third kappa shape index (κ3) is 5.66. The van der Waals surface area contributed by atoms with Gasteiger partial charge >= 0.3 is 5.97 Å².